The summed E-state index contributed by atoms with van der Waals surface area (Å²) in [6.45, 7) is 0. The van der Waals surface area contributed by atoms with E-state index in [0.717, 1.165) is 22.2 Å². The zero-order valence-electron chi connectivity index (χ0n) is 11.1. The maximum atomic E-state index is 12.7. The quantitative estimate of drug-likeness (QED) is 0.726. The van der Waals surface area contributed by atoms with Crippen LogP contribution < -0.4 is 4.74 Å². The van der Waals surface area contributed by atoms with Crippen molar-refractivity contribution in [2.45, 2.75) is 12.5 Å². The van der Waals surface area contributed by atoms with Crippen LogP contribution in [0.3, 0.4) is 0 Å². The molecule has 3 aromatic rings. The molecule has 104 valence electrons. The summed E-state index contributed by atoms with van der Waals surface area (Å²) in [7, 11) is 0. The fraction of sp³-hybridized carbons (Fsp3) is 0.118. The molecule has 21 heavy (non-hydrogen) atoms. The number of halogens is 1. The number of para-hydroxylation sites is 1. The number of carbonyl (C=O) groups is 1. The van der Waals surface area contributed by atoms with Crippen molar-refractivity contribution >= 4 is 28.3 Å². The van der Waals surface area contributed by atoms with Crippen LogP contribution in [0.15, 0.2) is 48.7 Å². The lowest BCUT2D eigenvalue weighted by Crippen LogP contribution is -2.25. The van der Waals surface area contributed by atoms with Crippen LogP contribution >= 0.6 is 11.6 Å². The molecule has 4 heteroatoms. The van der Waals surface area contributed by atoms with Crippen molar-refractivity contribution in [3.05, 3.63) is 64.8 Å². The Bertz CT molecular complexity index is 828. The van der Waals surface area contributed by atoms with Gasteiger partial charge in [-0.1, -0.05) is 35.9 Å². The van der Waals surface area contributed by atoms with Gasteiger partial charge in [0, 0.05) is 29.1 Å². The second-order valence-electron chi connectivity index (χ2n) is 5.15. The van der Waals surface area contributed by atoms with E-state index in [4.69, 9.17) is 16.3 Å². The summed E-state index contributed by atoms with van der Waals surface area (Å²) in [5.74, 6) is 0.757. The van der Waals surface area contributed by atoms with Crippen LogP contribution in [0.2, 0.25) is 5.02 Å². The first-order valence-corrected chi connectivity index (χ1v) is 7.16. The number of nitrogens with one attached hydrogen (secondary N) is 1. The van der Waals surface area contributed by atoms with Gasteiger partial charge in [-0.25, -0.2) is 0 Å². The van der Waals surface area contributed by atoms with Crippen molar-refractivity contribution in [2.24, 2.45) is 0 Å². The van der Waals surface area contributed by atoms with Crippen LogP contribution in [-0.4, -0.2) is 16.9 Å². The molecule has 0 amide bonds. The minimum atomic E-state index is -0.474. The molecule has 1 N–H and O–H groups in total. The van der Waals surface area contributed by atoms with E-state index in [1.165, 1.54) is 0 Å². The number of ether oxygens (including phenoxy) is 1. The van der Waals surface area contributed by atoms with Crippen molar-refractivity contribution in [1.82, 2.24) is 4.98 Å². The number of Topliss-reactive ketones (excluding diaryl/α,β-unsaturated/α-hetero) is 1. The van der Waals surface area contributed by atoms with Crippen molar-refractivity contribution in [3.63, 3.8) is 0 Å². The first-order valence-electron chi connectivity index (χ1n) is 6.78. The monoisotopic (exact) mass is 297 g/mol. The molecule has 0 saturated heterocycles. The van der Waals surface area contributed by atoms with E-state index in [9.17, 15) is 4.79 Å². The van der Waals surface area contributed by atoms with E-state index in [1.807, 2.05) is 36.4 Å². The summed E-state index contributed by atoms with van der Waals surface area (Å²) < 4.78 is 5.77. The number of aromatic amines is 1. The summed E-state index contributed by atoms with van der Waals surface area (Å²) in [5, 5.41) is 1.34. The Hall–Kier alpha value is -2.26. The molecule has 0 radical (unpaired) electrons. The van der Waals surface area contributed by atoms with Crippen molar-refractivity contribution in [3.8, 4) is 5.75 Å². The highest BCUT2D eigenvalue weighted by atomic mass is 35.5. The molecule has 4 rings (SSSR count). The number of ketones is 1. The predicted molar refractivity (Wildman–Crippen MR) is 82.2 cm³/mol. The Labute approximate surface area is 126 Å². The third-order valence-electron chi connectivity index (χ3n) is 3.86. The molecule has 1 aliphatic rings. The number of benzene rings is 2. The van der Waals surface area contributed by atoms with Gasteiger partial charge < -0.3 is 9.72 Å². The van der Waals surface area contributed by atoms with E-state index < -0.39 is 6.10 Å². The number of hydrogen-bond acceptors (Lipinski definition) is 2. The first-order chi connectivity index (χ1) is 10.2. The molecule has 1 unspecified atom stereocenters. The molecule has 1 aliphatic heterocycles. The van der Waals surface area contributed by atoms with Gasteiger partial charge in [-0.2, -0.15) is 0 Å². The van der Waals surface area contributed by atoms with E-state index in [2.05, 4.69) is 4.98 Å². The molecule has 2 heterocycles. The summed E-state index contributed by atoms with van der Waals surface area (Å²) in [4.78, 5) is 15.8. The molecule has 0 bridgehead atoms. The van der Waals surface area contributed by atoms with Crippen LogP contribution in [0.5, 0.6) is 5.75 Å². The van der Waals surface area contributed by atoms with Crippen LogP contribution in [-0.2, 0) is 6.42 Å². The van der Waals surface area contributed by atoms with Gasteiger partial charge in [0.25, 0.3) is 0 Å². The van der Waals surface area contributed by atoms with E-state index in [-0.39, 0.29) is 5.78 Å². The van der Waals surface area contributed by atoms with Crippen LogP contribution in [0.4, 0.5) is 0 Å². The van der Waals surface area contributed by atoms with Gasteiger partial charge in [0.2, 0.25) is 5.78 Å². The Kier molecular flexibility index (Phi) is 2.76. The van der Waals surface area contributed by atoms with Crippen molar-refractivity contribution in [1.29, 1.82) is 0 Å². The van der Waals surface area contributed by atoms with E-state index in [1.54, 1.807) is 12.3 Å². The van der Waals surface area contributed by atoms with Crippen LogP contribution in [0, 0.1) is 0 Å². The average molecular weight is 298 g/mol. The van der Waals surface area contributed by atoms with E-state index in [0.29, 0.717) is 17.0 Å². The maximum absolute atomic E-state index is 12.7. The highest BCUT2D eigenvalue weighted by molar-refractivity contribution is 6.37. The smallest absolute Gasteiger partial charge is 0.205 e. The summed E-state index contributed by atoms with van der Waals surface area (Å²) >= 11 is 6.23. The van der Waals surface area contributed by atoms with Gasteiger partial charge in [-0.15, -0.1) is 0 Å². The second kappa shape index (κ2) is 4.64. The molecule has 0 aliphatic carbocycles. The molecule has 1 aromatic heterocycles. The molecule has 2 aromatic carbocycles. The Morgan fingerprint density at radius 1 is 1.19 bits per heavy atom. The minimum absolute atomic E-state index is 0.0365. The second-order valence-corrected chi connectivity index (χ2v) is 5.55. The number of fused-ring (bicyclic) bond motifs is 2. The minimum Gasteiger partial charge on any atom is -0.482 e. The lowest BCUT2D eigenvalue weighted by atomic mass is 10.0. The van der Waals surface area contributed by atoms with Gasteiger partial charge in [0.05, 0.1) is 5.02 Å². The van der Waals surface area contributed by atoms with Gasteiger partial charge in [-0.05, 0) is 23.8 Å². The standard InChI is InChI=1S/C17H12ClNO2/c18-12-5-3-6-13-16(12)11(9-19-13)17(20)15-8-10-4-1-2-7-14(10)21-15/h1-7,9,15,19H,8H2. The third-order valence-corrected chi connectivity index (χ3v) is 4.17. The van der Waals surface area contributed by atoms with Gasteiger partial charge in [-0.3, -0.25) is 4.79 Å². The molecule has 0 saturated carbocycles. The molecule has 3 nitrogen and oxygen atoms in total. The molecular formula is C17H12ClNO2. The summed E-state index contributed by atoms with van der Waals surface area (Å²) in [5.41, 5.74) is 2.52. The van der Waals surface area contributed by atoms with Gasteiger partial charge in [0.1, 0.15) is 5.75 Å². The first kappa shape index (κ1) is 12.5. The Morgan fingerprint density at radius 3 is 2.90 bits per heavy atom. The van der Waals surface area contributed by atoms with Crippen LogP contribution in [0.1, 0.15) is 15.9 Å². The number of hydrogen-bond donors (Lipinski definition) is 1. The number of carbonyl (C=O) groups excluding carboxylic acids is 1. The number of aromatic nitrogens is 1. The summed E-state index contributed by atoms with van der Waals surface area (Å²) in [6.07, 6.45) is 1.84. The van der Waals surface area contributed by atoms with Crippen molar-refractivity contribution in [2.75, 3.05) is 0 Å². The topological polar surface area (TPSA) is 42.1 Å². The molecule has 0 spiro atoms. The van der Waals surface area contributed by atoms with E-state index >= 15 is 0 Å². The highest BCUT2D eigenvalue weighted by Crippen LogP contribution is 2.32. The normalized spacial score (nSPS) is 16.7. The highest BCUT2D eigenvalue weighted by Gasteiger charge is 2.31. The fourth-order valence-corrected chi connectivity index (χ4v) is 3.11. The van der Waals surface area contributed by atoms with Gasteiger partial charge in [0.15, 0.2) is 6.10 Å². The molecule has 1 atom stereocenters. The zero-order valence-corrected chi connectivity index (χ0v) is 11.9. The largest absolute Gasteiger partial charge is 0.482 e. The fourth-order valence-electron chi connectivity index (χ4n) is 2.84. The van der Waals surface area contributed by atoms with Crippen LogP contribution in [0.25, 0.3) is 10.9 Å². The predicted octanol–water partition coefficient (Wildman–Crippen LogP) is 4.01. The molecule has 0 fully saturated rings. The van der Waals surface area contributed by atoms with Gasteiger partial charge >= 0.3 is 0 Å². The SMILES string of the molecule is O=C(c1c[nH]c2cccc(Cl)c12)C1Cc2ccccc2O1. The number of rotatable bonds is 2. The van der Waals surface area contributed by atoms with Crippen molar-refractivity contribution < 1.29 is 9.53 Å². The maximum Gasteiger partial charge on any atom is 0.205 e. The Balaban J connectivity index is 1.73. The Morgan fingerprint density at radius 2 is 2.05 bits per heavy atom. The lowest BCUT2D eigenvalue weighted by molar-refractivity contribution is 0.0826. The average Bonchev–Trinajstić information content (AvgIpc) is 3.11. The lowest BCUT2D eigenvalue weighted by Gasteiger charge is -2.09. The number of H-pyrrole nitrogens is 1. The summed E-state index contributed by atoms with van der Waals surface area (Å²) in [6, 6.07) is 13.3. The zero-order chi connectivity index (χ0) is 14.4. The molecular weight excluding hydrogens is 286 g/mol. The third kappa shape index (κ3) is 1.93.